The molecule has 0 atom stereocenters. The smallest absolute Gasteiger partial charge is 0.251 e. The Morgan fingerprint density at radius 1 is 1.09 bits per heavy atom. The summed E-state index contributed by atoms with van der Waals surface area (Å²) in [7, 11) is 0. The molecule has 0 radical (unpaired) electrons. The van der Waals surface area contributed by atoms with Crippen molar-refractivity contribution in [1.82, 2.24) is 5.32 Å². The van der Waals surface area contributed by atoms with Crippen molar-refractivity contribution >= 4 is 24.0 Å². The first-order valence-electron chi connectivity index (χ1n) is 7.43. The molecule has 0 heterocycles. The SMILES string of the molecule is CC(C)c1ccc(OCCNC(=O)c2ccc(N)cc2)cc1.Cl. The Morgan fingerprint density at radius 2 is 1.70 bits per heavy atom. The third-order valence-corrected chi connectivity index (χ3v) is 3.38. The summed E-state index contributed by atoms with van der Waals surface area (Å²) in [5, 5.41) is 2.81. The van der Waals surface area contributed by atoms with Gasteiger partial charge in [-0.15, -0.1) is 12.4 Å². The van der Waals surface area contributed by atoms with Crippen LogP contribution in [-0.2, 0) is 0 Å². The van der Waals surface area contributed by atoms with Gasteiger partial charge >= 0.3 is 0 Å². The van der Waals surface area contributed by atoms with Crippen LogP contribution in [0.5, 0.6) is 5.75 Å². The predicted octanol–water partition coefficient (Wildman–Crippen LogP) is 3.62. The number of amides is 1. The molecule has 2 rings (SSSR count). The van der Waals surface area contributed by atoms with E-state index in [1.165, 1.54) is 5.56 Å². The van der Waals surface area contributed by atoms with Crippen LogP contribution in [0.1, 0.15) is 35.7 Å². The minimum atomic E-state index is -0.126. The first kappa shape index (κ1) is 18.8. The lowest BCUT2D eigenvalue weighted by molar-refractivity contribution is 0.0947. The fraction of sp³-hybridized carbons (Fsp3) is 0.278. The molecule has 124 valence electrons. The lowest BCUT2D eigenvalue weighted by Crippen LogP contribution is -2.28. The fourth-order valence-electron chi connectivity index (χ4n) is 2.02. The Kier molecular flexibility index (Phi) is 7.42. The number of rotatable bonds is 6. The van der Waals surface area contributed by atoms with Crippen LogP contribution in [0.3, 0.4) is 0 Å². The Morgan fingerprint density at radius 3 is 2.26 bits per heavy atom. The number of nitrogen functional groups attached to an aromatic ring is 1. The molecule has 0 saturated heterocycles. The van der Waals surface area contributed by atoms with Crippen LogP contribution in [0, 0.1) is 0 Å². The van der Waals surface area contributed by atoms with Gasteiger partial charge in [0.15, 0.2) is 0 Å². The van der Waals surface area contributed by atoms with Gasteiger partial charge in [-0.1, -0.05) is 26.0 Å². The third-order valence-electron chi connectivity index (χ3n) is 3.38. The average molecular weight is 335 g/mol. The number of nitrogens with two attached hydrogens (primary N) is 1. The Hall–Kier alpha value is -2.20. The second-order valence-corrected chi connectivity index (χ2v) is 5.45. The van der Waals surface area contributed by atoms with Crippen LogP contribution in [0.15, 0.2) is 48.5 Å². The lowest BCUT2D eigenvalue weighted by Gasteiger charge is -2.10. The molecule has 2 aromatic rings. The highest BCUT2D eigenvalue weighted by molar-refractivity contribution is 5.94. The summed E-state index contributed by atoms with van der Waals surface area (Å²) in [6, 6.07) is 14.9. The summed E-state index contributed by atoms with van der Waals surface area (Å²) in [4.78, 5) is 11.9. The van der Waals surface area contributed by atoms with Gasteiger partial charge in [0.25, 0.3) is 5.91 Å². The van der Waals surface area contributed by atoms with Crippen LogP contribution >= 0.6 is 12.4 Å². The van der Waals surface area contributed by atoms with E-state index in [0.29, 0.717) is 30.3 Å². The van der Waals surface area contributed by atoms with Gasteiger partial charge in [0.05, 0.1) is 6.54 Å². The van der Waals surface area contributed by atoms with E-state index >= 15 is 0 Å². The molecule has 3 N–H and O–H groups in total. The van der Waals surface area contributed by atoms with Crippen LogP contribution in [0.2, 0.25) is 0 Å². The number of nitrogens with one attached hydrogen (secondary N) is 1. The summed E-state index contributed by atoms with van der Waals surface area (Å²) >= 11 is 0. The third kappa shape index (κ3) is 5.83. The molecule has 0 bridgehead atoms. The van der Waals surface area contributed by atoms with Gasteiger partial charge in [-0.2, -0.15) is 0 Å². The Bertz CT molecular complexity index is 610. The number of ether oxygens (including phenoxy) is 1. The first-order valence-corrected chi connectivity index (χ1v) is 7.43. The summed E-state index contributed by atoms with van der Waals surface area (Å²) in [6.45, 7) is 5.20. The van der Waals surface area contributed by atoms with Crippen LogP contribution in [0.4, 0.5) is 5.69 Å². The molecule has 0 fully saturated rings. The summed E-state index contributed by atoms with van der Waals surface area (Å²) < 4.78 is 5.61. The zero-order valence-corrected chi connectivity index (χ0v) is 14.2. The molecule has 5 heteroatoms. The quantitative estimate of drug-likeness (QED) is 0.626. The Balaban J connectivity index is 0.00000264. The summed E-state index contributed by atoms with van der Waals surface area (Å²) in [5.41, 5.74) is 8.11. The van der Waals surface area contributed by atoms with E-state index in [1.807, 2.05) is 12.1 Å². The minimum Gasteiger partial charge on any atom is -0.492 e. The standard InChI is InChI=1S/C18H22N2O2.ClH/c1-13(2)14-5-9-17(10-6-14)22-12-11-20-18(21)15-3-7-16(19)8-4-15;/h3-10,13H,11-12,19H2,1-2H3,(H,20,21);1H. The fourth-order valence-corrected chi connectivity index (χ4v) is 2.02. The van der Waals surface area contributed by atoms with Crippen molar-refractivity contribution in [1.29, 1.82) is 0 Å². The minimum absolute atomic E-state index is 0. The highest BCUT2D eigenvalue weighted by Crippen LogP contribution is 2.18. The van der Waals surface area contributed by atoms with Crippen LogP contribution in [0.25, 0.3) is 0 Å². The second kappa shape index (κ2) is 9.06. The van der Waals surface area contributed by atoms with Crippen molar-refractivity contribution in [3.63, 3.8) is 0 Å². The summed E-state index contributed by atoms with van der Waals surface area (Å²) in [5.74, 6) is 1.19. The van der Waals surface area contributed by atoms with Crippen molar-refractivity contribution in [2.45, 2.75) is 19.8 Å². The largest absolute Gasteiger partial charge is 0.492 e. The van der Waals surface area contributed by atoms with E-state index in [1.54, 1.807) is 24.3 Å². The zero-order valence-electron chi connectivity index (χ0n) is 13.4. The summed E-state index contributed by atoms with van der Waals surface area (Å²) in [6.07, 6.45) is 0. The second-order valence-electron chi connectivity index (χ2n) is 5.45. The normalized spacial score (nSPS) is 10.0. The topological polar surface area (TPSA) is 64.3 Å². The molecule has 1 amide bonds. The molecular weight excluding hydrogens is 312 g/mol. The molecule has 0 aromatic heterocycles. The maximum absolute atomic E-state index is 11.9. The van der Waals surface area contributed by atoms with Gasteiger partial charge in [-0.3, -0.25) is 4.79 Å². The van der Waals surface area contributed by atoms with Crippen LogP contribution in [-0.4, -0.2) is 19.1 Å². The van der Waals surface area contributed by atoms with Crippen molar-refractivity contribution < 1.29 is 9.53 Å². The molecule has 0 saturated carbocycles. The van der Waals surface area contributed by atoms with Crippen molar-refractivity contribution in [3.8, 4) is 5.75 Å². The zero-order chi connectivity index (χ0) is 15.9. The molecule has 2 aromatic carbocycles. The Labute approximate surface area is 143 Å². The van der Waals surface area contributed by atoms with E-state index in [9.17, 15) is 4.79 Å². The maximum atomic E-state index is 11.9. The van der Waals surface area contributed by atoms with Gasteiger partial charge in [-0.25, -0.2) is 0 Å². The number of carbonyl (C=O) groups excluding carboxylic acids is 1. The molecule has 0 aliphatic carbocycles. The van der Waals surface area contributed by atoms with E-state index in [0.717, 1.165) is 5.75 Å². The van der Waals surface area contributed by atoms with Crippen LogP contribution < -0.4 is 15.8 Å². The number of hydrogen-bond acceptors (Lipinski definition) is 3. The number of halogens is 1. The maximum Gasteiger partial charge on any atom is 0.251 e. The van der Waals surface area contributed by atoms with Gasteiger partial charge in [0.1, 0.15) is 12.4 Å². The molecule has 4 nitrogen and oxygen atoms in total. The molecule has 0 aliphatic heterocycles. The van der Waals surface area contributed by atoms with E-state index < -0.39 is 0 Å². The van der Waals surface area contributed by atoms with Crippen molar-refractivity contribution in [3.05, 3.63) is 59.7 Å². The molecule has 0 aliphatic rings. The van der Waals surface area contributed by atoms with E-state index in [4.69, 9.17) is 10.5 Å². The van der Waals surface area contributed by atoms with Gasteiger partial charge in [0.2, 0.25) is 0 Å². The number of benzene rings is 2. The van der Waals surface area contributed by atoms with E-state index in [2.05, 4.69) is 31.3 Å². The highest BCUT2D eigenvalue weighted by Gasteiger charge is 2.04. The van der Waals surface area contributed by atoms with E-state index in [-0.39, 0.29) is 18.3 Å². The number of carbonyl (C=O) groups is 1. The lowest BCUT2D eigenvalue weighted by atomic mass is 10.0. The highest BCUT2D eigenvalue weighted by atomic mass is 35.5. The predicted molar refractivity (Wildman–Crippen MR) is 96.5 cm³/mol. The number of anilines is 1. The molecule has 0 unspecified atom stereocenters. The van der Waals surface area contributed by atoms with Gasteiger partial charge in [0, 0.05) is 11.3 Å². The molecule has 0 spiro atoms. The van der Waals surface area contributed by atoms with Gasteiger partial charge in [-0.05, 0) is 47.9 Å². The van der Waals surface area contributed by atoms with Crippen molar-refractivity contribution in [2.24, 2.45) is 0 Å². The van der Waals surface area contributed by atoms with Crippen molar-refractivity contribution in [2.75, 3.05) is 18.9 Å². The average Bonchev–Trinajstić information content (AvgIpc) is 2.52. The molecule has 23 heavy (non-hydrogen) atoms. The molecular formula is C18H23ClN2O2. The number of hydrogen-bond donors (Lipinski definition) is 2. The first-order chi connectivity index (χ1) is 10.6. The monoisotopic (exact) mass is 334 g/mol. The van der Waals surface area contributed by atoms with Gasteiger partial charge < -0.3 is 15.8 Å².